The van der Waals surface area contributed by atoms with Crippen molar-refractivity contribution in [2.45, 2.75) is 32.4 Å². The molecule has 0 spiro atoms. The molecule has 3 heterocycles. The minimum atomic E-state index is -0.203. The summed E-state index contributed by atoms with van der Waals surface area (Å²) in [5, 5.41) is 8.84. The van der Waals surface area contributed by atoms with Crippen molar-refractivity contribution in [3.63, 3.8) is 0 Å². The van der Waals surface area contributed by atoms with Gasteiger partial charge in [-0.05, 0) is 47.3 Å². The van der Waals surface area contributed by atoms with Crippen LogP contribution in [0.25, 0.3) is 11.0 Å². The van der Waals surface area contributed by atoms with E-state index in [2.05, 4.69) is 20.9 Å². The minimum absolute atomic E-state index is 0.0776. The zero-order valence-electron chi connectivity index (χ0n) is 13.9. The van der Waals surface area contributed by atoms with Crippen molar-refractivity contribution in [3.05, 3.63) is 62.2 Å². The van der Waals surface area contributed by atoms with E-state index in [9.17, 15) is 9.59 Å². The van der Waals surface area contributed by atoms with E-state index in [4.69, 9.17) is 5.26 Å². The van der Waals surface area contributed by atoms with E-state index in [0.717, 1.165) is 36.0 Å². The number of fused-ring (bicyclic) bond motifs is 3. The lowest BCUT2D eigenvalue weighted by Gasteiger charge is -2.15. The first-order valence-corrected chi connectivity index (χ1v) is 9.19. The molecule has 0 atom stereocenters. The largest absolute Gasteiger partial charge is 0.338 e. The number of carbonyl (C=O) groups is 1. The van der Waals surface area contributed by atoms with Crippen LogP contribution < -0.4 is 5.56 Å². The first-order chi connectivity index (χ1) is 12.6. The quantitative estimate of drug-likeness (QED) is 0.621. The van der Waals surface area contributed by atoms with Crippen LogP contribution in [0.3, 0.4) is 0 Å². The molecule has 2 aromatic heterocycles. The van der Waals surface area contributed by atoms with E-state index in [1.165, 1.54) is 10.9 Å². The molecule has 1 aromatic carbocycles. The van der Waals surface area contributed by atoms with Gasteiger partial charge in [0.1, 0.15) is 11.0 Å². The second kappa shape index (κ2) is 6.54. The number of nitriles is 1. The highest BCUT2D eigenvalue weighted by atomic mass is 79.9. The number of halogens is 1. The molecule has 0 fully saturated rings. The summed E-state index contributed by atoms with van der Waals surface area (Å²) in [7, 11) is 0. The molecule has 6 nitrogen and oxygen atoms in total. The predicted octanol–water partition coefficient (Wildman–Crippen LogP) is 3.05. The highest BCUT2D eigenvalue weighted by molar-refractivity contribution is 9.10. The highest BCUT2D eigenvalue weighted by Crippen LogP contribution is 2.31. The second-order valence-electron chi connectivity index (χ2n) is 6.36. The van der Waals surface area contributed by atoms with E-state index >= 15 is 0 Å². The fraction of sp³-hybridized carbons (Fsp3) is 0.263. The Morgan fingerprint density at radius 3 is 2.77 bits per heavy atom. The molecule has 0 unspecified atom stereocenters. The molecule has 4 rings (SSSR count). The van der Waals surface area contributed by atoms with E-state index in [1.807, 2.05) is 10.6 Å². The van der Waals surface area contributed by atoms with Gasteiger partial charge in [0, 0.05) is 17.8 Å². The Kier molecular flexibility index (Phi) is 4.21. The number of Topliss-reactive ketones (excluding diaryl/α,β-unsaturated/α-hetero) is 1. The predicted molar refractivity (Wildman–Crippen MR) is 100 cm³/mol. The van der Waals surface area contributed by atoms with Gasteiger partial charge in [-0.1, -0.05) is 12.1 Å². The summed E-state index contributed by atoms with van der Waals surface area (Å²) in [6.07, 6.45) is 4.48. The summed E-state index contributed by atoms with van der Waals surface area (Å²) < 4.78 is 4.27. The first kappa shape index (κ1) is 16.7. The standard InChI is InChI=1S/C19H15BrN4O2/c20-16-14-3-1-2-8-24(14)18-17(16)22-11-23(19(18)26)10-15(25)13-6-4-12(9-21)5-7-13/h4-7,11H,1-3,8,10H2. The molecular weight excluding hydrogens is 396 g/mol. The number of aryl methyl sites for hydroxylation is 1. The molecule has 26 heavy (non-hydrogen) atoms. The second-order valence-corrected chi connectivity index (χ2v) is 7.15. The molecule has 0 radical (unpaired) electrons. The topological polar surface area (TPSA) is 80.7 Å². The average molecular weight is 411 g/mol. The van der Waals surface area contributed by atoms with Crippen molar-refractivity contribution in [1.29, 1.82) is 5.26 Å². The monoisotopic (exact) mass is 410 g/mol. The molecule has 7 heteroatoms. The fourth-order valence-corrected chi connectivity index (χ4v) is 4.12. The number of benzene rings is 1. The van der Waals surface area contributed by atoms with E-state index in [1.54, 1.807) is 24.3 Å². The van der Waals surface area contributed by atoms with Crippen LogP contribution in [0.1, 0.15) is 34.5 Å². The van der Waals surface area contributed by atoms with E-state index in [-0.39, 0.29) is 17.9 Å². The normalized spacial score (nSPS) is 13.4. The van der Waals surface area contributed by atoms with Gasteiger partial charge < -0.3 is 4.57 Å². The molecule has 0 saturated carbocycles. The molecule has 0 bridgehead atoms. The average Bonchev–Trinajstić information content (AvgIpc) is 2.97. The SMILES string of the molecule is N#Cc1ccc(C(=O)Cn2cnc3c(Br)c4n(c3c2=O)CCCC4)cc1. The summed E-state index contributed by atoms with van der Waals surface area (Å²) >= 11 is 3.57. The number of ketones is 1. The maximum atomic E-state index is 13.0. The zero-order valence-corrected chi connectivity index (χ0v) is 15.5. The van der Waals surface area contributed by atoms with Crippen LogP contribution >= 0.6 is 15.9 Å². The summed E-state index contributed by atoms with van der Waals surface area (Å²) in [5.41, 5.74) is 3.08. The molecule has 1 aliphatic heterocycles. The van der Waals surface area contributed by atoms with Crippen molar-refractivity contribution in [2.24, 2.45) is 0 Å². The van der Waals surface area contributed by atoms with Crippen molar-refractivity contribution < 1.29 is 4.79 Å². The molecular formula is C19H15BrN4O2. The lowest BCUT2D eigenvalue weighted by atomic mass is 10.1. The Morgan fingerprint density at radius 1 is 1.27 bits per heavy atom. The summed E-state index contributed by atoms with van der Waals surface area (Å²) in [4.78, 5) is 29.9. The third kappa shape index (κ3) is 2.67. The zero-order chi connectivity index (χ0) is 18.3. The lowest BCUT2D eigenvalue weighted by molar-refractivity contribution is 0.0970. The Hall–Kier alpha value is -2.72. The molecule has 0 saturated heterocycles. The summed E-state index contributed by atoms with van der Waals surface area (Å²) in [6, 6.07) is 8.42. The Balaban J connectivity index is 1.73. The van der Waals surface area contributed by atoms with Gasteiger partial charge in [0.2, 0.25) is 0 Å². The van der Waals surface area contributed by atoms with E-state index < -0.39 is 0 Å². The number of hydrogen-bond acceptors (Lipinski definition) is 4. The molecule has 130 valence electrons. The van der Waals surface area contributed by atoms with Crippen LogP contribution in [0, 0.1) is 11.3 Å². The first-order valence-electron chi connectivity index (χ1n) is 8.39. The van der Waals surface area contributed by atoms with Crippen molar-refractivity contribution >= 4 is 32.7 Å². The third-order valence-electron chi connectivity index (χ3n) is 4.77. The number of nitrogens with zero attached hydrogens (tertiary/aromatic N) is 4. The summed E-state index contributed by atoms with van der Waals surface area (Å²) in [5.74, 6) is -0.192. The maximum Gasteiger partial charge on any atom is 0.278 e. The molecule has 0 amide bonds. The van der Waals surface area contributed by atoms with Crippen LogP contribution in [-0.4, -0.2) is 19.9 Å². The van der Waals surface area contributed by atoms with Gasteiger partial charge in [-0.3, -0.25) is 14.2 Å². The molecule has 1 aliphatic rings. The van der Waals surface area contributed by atoms with Crippen LogP contribution in [0.5, 0.6) is 0 Å². The van der Waals surface area contributed by atoms with Gasteiger partial charge in [-0.2, -0.15) is 5.26 Å². The van der Waals surface area contributed by atoms with Gasteiger partial charge in [0.05, 0.1) is 29.0 Å². The summed E-state index contributed by atoms with van der Waals surface area (Å²) in [6.45, 7) is 0.716. The van der Waals surface area contributed by atoms with Gasteiger partial charge >= 0.3 is 0 Å². The van der Waals surface area contributed by atoms with E-state index in [0.29, 0.717) is 22.2 Å². The van der Waals surface area contributed by atoms with Gasteiger partial charge in [-0.15, -0.1) is 0 Å². The van der Waals surface area contributed by atoms with Gasteiger partial charge in [0.25, 0.3) is 5.56 Å². The Labute approximate surface area is 157 Å². The fourth-order valence-electron chi connectivity index (χ4n) is 3.42. The van der Waals surface area contributed by atoms with Gasteiger partial charge in [-0.25, -0.2) is 4.98 Å². The molecule has 0 aliphatic carbocycles. The Morgan fingerprint density at radius 2 is 2.04 bits per heavy atom. The minimum Gasteiger partial charge on any atom is -0.338 e. The molecule has 0 N–H and O–H groups in total. The number of hydrogen-bond donors (Lipinski definition) is 0. The third-order valence-corrected chi connectivity index (χ3v) is 5.60. The van der Waals surface area contributed by atoms with Crippen LogP contribution in [0.4, 0.5) is 0 Å². The Bertz CT molecular complexity index is 1120. The number of aromatic nitrogens is 3. The number of carbonyl (C=O) groups excluding carboxylic acids is 1. The van der Waals surface area contributed by atoms with Gasteiger partial charge in [0.15, 0.2) is 5.78 Å². The van der Waals surface area contributed by atoms with Crippen molar-refractivity contribution in [2.75, 3.05) is 0 Å². The van der Waals surface area contributed by atoms with Crippen LogP contribution in [0.2, 0.25) is 0 Å². The lowest BCUT2D eigenvalue weighted by Crippen LogP contribution is -2.26. The molecule has 3 aromatic rings. The number of rotatable bonds is 3. The van der Waals surface area contributed by atoms with Crippen molar-refractivity contribution in [1.82, 2.24) is 14.1 Å². The van der Waals surface area contributed by atoms with Crippen molar-refractivity contribution in [3.8, 4) is 6.07 Å². The van der Waals surface area contributed by atoms with Crippen LogP contribution in [0.15, 0.2) is 39.9 Å². The smallest absolute Gasteiger partial charge is 0.278 e. The highest BCUT2D eigenvalue weighted by Gasteiger charge is 2.22. The maximum absolute atomic E-state index is 13.0. The van der Waals surface area contributed by atoms with Crippen LogP contribution in [-0.2, 0) is 19.5 Å².